The van der Waals surface area contributed by atoms with Crippen LogP contribution in [-0.2, 0) is 9.53 Å². The van der Waals surface area contributed by atoms with E-state index in [1.54, 1.807) is 0 Å². The number of hydrogen-bond donors (Lipinski definition) is 0. The van der Waals surface area contributed by atoms with Crippen molar-refractivity contribution in [2.24, 2.45) is 0 Å². The molecular weight excluding hydrogens is 262 g/mol. The third-order valence-electron chi connectivity index (χ3n) is 3.88. The fraction of sp³-hybridized carbons (Fsp3) is 0.889. The average Bonchev–Trinajstić information content (AvgIpc) is 2.50. The van der Waals surface area contributed by atoms with Gasteiger partial charge in [-0.2, -0.15) is 0 Å². The van der Waals surface area contributed by atoms with Gasteiger partial charge in [0.15, 0.2) is 0 Å². The van der Waals surface area contributed by atoms with Gasteiger partial charge in [0.2, 0.25) is 6.54 Å². The summed E-state index contributed by atoms with van der Waals surface area (Å²) in [6.07, 6.45) is 17.0. The lowest BCUT2D eigenvalue weighted by molar-refractivity contribution is -0.140. The zero-order chi connectivity index (χ0) is 15.6. The maximum atomic E-state index is 10.9. The van der Waals surface area contributed by atoms with E-state index in [1.165, 1.54) is 71.3 Å². The fourth-order valence-corrected chi connectivity index (χ4v) is 2.51. The zero-order valence-corrected chi connectivity index (χ0v) is 13.9. The third-order valence-corrected chi connectivity index (χ3v) is 3.88. The Kier molecular flexibility index (Phi) is 16.2. The molecule has 0 aliphatic carbocycles. The molecule has 0 aromatic heterocycles. The van der Waals surface area contributed by atoms with Gasteiger partial charge in [0.05, 0.1) is 7.11 Å². The maximum absolute atomic E-state index is 10.9. The summed E-state index contributed by atoms with van der Waals surface area (Å²) < 4.78 is 4.62. The van der Waals surface area contributed by atoms with E-state index in [0.717, 1.165) is 19.3 Å². The Morgan fingerprint density at radius 3 is 1.52 bits per heavy atom. The molecule has 122 valence electrons. The molecule has 0 saturated heterocycles. The minimum absolute atomic E-state index is 0.0795. The third kappa shape index (κ3) is 16.9. The quantitative estimate of drug-likeness (QED) is 0.225. The van der Waals surface area contributed by atoms with E-state index in [2.05, 4.69) is 9.58 Å². The molecule has 0 aromatic carbocycles. The molecule has 3 heteroatoms. The molecule has 0 aromatic rings. The molecule has 0 atom stereocenters. The maximum Gasteiger partial charge on any atom is 0.305 e. The van der Waals surface area contributed by atoms with Gasteiger partial charge in [0, 0.05) is 12.8 Å². The number of carbonyl (C=O) groups is 1. The van der Waals surface area contributed by atoms with Crippen molar-refractivity contribution in [3.63, 3.8) is 0 Å². The number of hydrogen-bond acceptors (Lipinski definition) is 2. The predicted octanol–water partition coefficient (Wildman–Crippen LogP) is 5.54. The molecule has 21 heavy (non-hydrogen) atoms. The first-order valence-corrected chi connectivity index (χ1v) is 8.71. The first-order chi connectivity index (χ1) is 10.3. The highest BCUT2D eigenvalue weighted by atomic mass is 16.5. The van der Waals surface area contributed by atoms with Crippen LogP contribution in [0, 0.1) is 6.57 Å². The van der Waals surface area contributed by atoms with Crippen LogP contribution in [0.4, 0.5) is 0 Å². The Hall–Kier alpha value is -1.04. The lowest BCUT2D eigenvalue weighted by Gasteiger charge is -2.03. The molecule has 0 rings (SSSR count). The van der Waals surface area contributed by atoms with Crippen LogP contribution in [0.2, 0.25) is 0 Å². The van der Waals surface area contributed by atoms with Crippen molar-refractivity contribution in [2.45, 2.75) is 89.9 Å². The Morgan fingerprint density at radius 1 is 0.762 bits per heavy atom. The summed E-state index contributed by atoms with van der Waals surface area (Å²) in [5.74, 6) is -0.0795. The van der Waals surface area contributed by atoms with Crippen molar-refractivity contribution in [1.82, 2.24) is 0 Å². The summed E-state index contributed by atoms with van der Waals surface area (Å²) in [7, 11) is 1.45. The SMILES string of the molecule is [C-]#[N+]CCCCCCCCCCCCCCCC(=O)OC. The summed E-state index contributed by atoms with van der Waals surface area (Å²) >= 11 is 0. The van der Waals surface area contributed by atoms with Gasteiger partial charge in [-0.15, -0.1) is 0 Å². The summed E-state index contributed by atoms with van der Waals surface area (Å²) in [5.41, 5.74) is 0. The van der Waals surface area contributed by atoms with Gasteiger partial charge in [-0.3, -0.25) is 4.79 Å². The smallest absolute Gasteiger partial charge is 0.305 e. The molecule has 0 bridgehead atoms. The molecule has 0 saturated carbocycles. The Bertz CT molecular complexity index is 271. The number of carbonyl (C=O) groups excluding carboxylic acids is 1. The van der Waals surface area contributed by atoms with Gasteiger partial charge in [0.25, 0.3) is 0 Å². The molecular formula is C18H33NO2. The van der Waals surface area contributed by atoms with Gasteiger partial charge < -0.3 is 9.58 Å². The van der Waals surface area contributed by atoms with Crippen molar-refractivity contribution >= 4 is 5.97 Å². The highest BCUT2D eigenvalue weighted by molar-refractivity contribution is 5.68. The molecule has 0 radical (unpaired) electrons. The molecule has 0 heterocycles. The van der Waals surface area contributed by atoms with Crippen LogP contribution in [0.25, 0.3) is 4.85 Å². The molecule has 0 fully saturated rings. The molecule has 0 aliphatic heterocycles. The lowest BCUT2D eigenvalue weighted by Crippen LogP contribution is -1.99. The molecule has 0 unspecified atom stereocenters. The minimum Gasteiger partial charge on any atom is -0.469 e. The van der Waals surface area contributed by atoms with Crippen LogP contribution in [-0.4, -0.2) is 19.6 Å². The topological polar surface area (TPSA) is 30.7 Å². The van der Waals surface area contributed by atoms with Crippen LogP contribution in [0.3, 0.4) is 0 Å². The molecule has 0 spiro atoms. The van der Waals surface area contributed by atoms with Gasteiger partial charge in [-0.05, 0) is 12.8 Å². The fourth-order valence-electron chi connectivity index (χ4n) is 2.51. The molecule has 0 amide bonds. The highest BCUT2D eigenvalue weighted by Gasteiger charge is 1.99. The number of ether oxygens (including phenoxy) is 1. The zero-order valence-electron chi connectivity index (χ0n) is 13.9. The first kappa shape index (κ1) is 20.0. The van der Waals surface area contributed by atoms with Crippen LogP contribution in [0.1, 0.15) is 89.9 Å². The van der Waals surface area contributed by atoms with Crippen LogP contribution < -0.4 is 0 Å². The first-order valence-electron chi connectivity index (χ1n) is 8.71. The summed E-state index contributed by atoms with van der Waals surface area (Å²) in [6, 6.07) is 0. The number of nitrogens with zero attached hydrogens (tertiary/aromatic N) is 1. The predicted molar refractivity (Wildman–Crippen MR) is 88.1 cm³/mol. The van der Waals surface area contributed by atoms with Gasteiger partial charge in [0.1, 0.15) is 0 Å². The second-order valence-electron chi connectivity index (χ2n) is 5.80. The van der Waals surface area contributed by atoms with E-state index in [-0.39, 0.29) is 5.97 Å². The molecule has 3 nitrogen and oxygen atoms in total. The normalized spacial score (nSPS) is 10.3. The van der Waals surface area contributed by atoms with Gasteiger partial charge >= 0.3 is 5.97 Å². The largest absolute Gasteiger partial charge is 0.469 e. The van der Waals surface area contributed by atoms with Crippen molar-refractivity contribution in [3.05, 3.63) is 11.4 Å². The minimum atomic E-state index is -0.0795. The van der Waals surface area contributed by atoms with Crippen molar-refractivity contribution < 1.29 is 9.53 Å². The van der Waals surface area contributed by atoms with Crippen molar-refractivity contribution in [3.8, 4) is 0 Å². The number of unbranched alkanes of at least 4 members (excludes halogenated alkanes) is 12. The Labute approximate surface area is 131 Å². The van der Waals surface area contributed by atoms with Crippen molar-refractivity contribution in [2.75, 3.05) is 13.7 Å². The van der Waals surface area contributed by atoms with Gasteiger partial charge in [-0.1, -0.05) is 64.2 Å². The molecule has 0 N–H and O–H groups in total. The highest BCUT2D eigenvalue weighted by Crippen LogP contribution is 2.13. The lowest BCUT2D eigenvalue weighted by atomic mass is 10.0. The Balaban J connectivity index is 3.00. The van der Waals surface area contributed by atoms with E-state index in [9.17, 15) is 4.79 Å². The summed E-state index contributed by atoms with van der Waals surface area (Å²) in [4.78, 5) is 14.3. The summed E-state index contributed by atoms with van der Waals surface area (Å²) in [6.45, 7) is 7.41. The monoisotopic (exact) mass is 295 g/mol. The van der Waals surface area contributed by atoms with E-state index >= 15 is 0 Å². The second kappa shape index (κ2) is 17.0. The number of esters is 1. The second-order valence-corrected chi connectivity index (χ2v) is 5.80. The van der Waals surface area contributed by atoms with Crippen LogP contribution in [0.5, 0.6) is 0 Å². The standard InChI is InChI=1S/C18H33NO2/c1-19-17-15-13-11-9-7-5-3-4-6-8-10-12-14-16-18(20)21-2/h3-17H2,2H3. The number of methoxy groups -OCH3 is 1. The van der Waals surface area contributed by atoms with Gasteiger partial charge in [-0.25, -0.2) is 6.57 Å². The van der Waals surface area contributed by atoms with E-state index in [1.807, 2.05) is 0 Å². The Morgan fingerprint density at radius 2 is 1.14 bits per heavy atom. The summed E-state index contributed by atoms with van der Waals surface area (Å²) in [5, 5.41) is 0. The van der Waals surface area contributed by atoms with Crippen LogP contribution >= 0.6 is 0 Å². The molecule has 0 aliphatic rings. The van der Waals surface area contributed by atoms with Crippen LogP contribution in [0.15, 0.2) is 0 Å². The van der Waals surface area contributed by atoms with Crippen molar-refractivity contribution in [1.29, 1.82) is 0 Å². The average molecular weight is 295 g/mol. The number of rotatable bonds is 15. The van der Waals surface area contributed by atoms with E-state index in [4.69, 9.17) is 6.57 Å². The van der Waals surface area contributed by atoms with E-state index < -0.39 is 0 Å². The van der Waals surface area contributed by atoms with E-state index in [0.29, 0.717) is 13.0 Å².